The first-order valence-electron chi connectivity index (χ1n) is 10.8. The van der Waals surface area contributed by atoms with Gasteiger partial charge in [0.25, 0.3) is 5.91 Å². The Kier molecular flexibility index (Phi) is 5.50. The fourth-order valence-corrected chi connectivity index (χ4v) is 4.38. The van der Waals surface area contributed by atoms with E-state index >= 15 is 0 Å². The summed E-state index contributed by atoms with van der Waals surface area (Å²) < 4.78 is 5.65. The third-order valence-electron chi connectivity index (χ3n) is 6.14. The fraction of sp³-hybridized carbons (Fsp3) is 0.320. The number of urea groups is 1. The first-order valence-corrected chi connectivity index (χ1v) is 10.8. The van der Waals surface area contributed by atoms with Crippen LogP contribution in [0.2, 0.25) is 0 Å². The van der Waals surface area contributed by atoms with Crippen LogP contribution in [-0.2, 0) is 21.5 Å². The number of furan rings is 1. The molecule has 32 heavy (non-hydrogen) atoms. The van der Waals surface area contributed by atoms with Crippen molar-refractivity contribution in [2.24, 2.45) is 0 Å². The third-order valence-corrected chi connectivity index (χ3v) is 6.14. The van der Waals surface area contributed by atoms with Crippen LogP contribution in [-0.4, -0.2) is 22.9 Å². The summed E-state index contributed by atoms with van der Waals surface area (Å²) in [5.74, 6) is -0.635. The summed E-state index contributed by atoms with van der Waals surface area (Å²) in [6.07, 6.45) is 1.90. The van der Waals surface area contributed by atoms with Crippen molar-refractivity contribution in [3.8, 4) is 0 Å². The first-order chi connectivity index (χ1) is 15.3. The molecule has 2 heterocycles. The highest BCUT2D eigenvalue weighted by atomic mass is 16.3. The Morgan fingerprint density at radius 1 is 1.19 bits per heavy atom. The van der Waals surface area contributed by atoms with Crippen molar-refractivity contribution in [1.29, 1.82) is 0 Å². The van der Waals surface area contributed by atoms with Crippen molar-refractivity contribution in [2.45, 2.75) is 52.0 Å². The molecule has 1 aromatic heterocycles. The van der Waals surface area contributed by atoms with Crippen molar-refractivity contribution in [3.05, 3.63) is 71.0 Å². The van der Waals surface area contributed by atoms with Gasteiger partial charge in [-0.1, -0.05) is 51.1 Å². The molecule has 0 aliphatic carbocycles. The molecule has 3 aromatic rings. The highest BCUT2D eigenvalue weighted by Gasteiger charge is 2.52. The summed E-state index contributed by atoms with van der Waals surface area (Å²) in [5, 5.41) is 4.40. The number of nitrogens with one attached hydrogen (secondary N) is 2. The molecule has 0 radical (unpaired) electrons. The van der Waals surface area contributed by atoms with Crippen molar-refractivity contribution in [3.63, 3.8) is 0 Å². The molecule has 0 bridgehead atoms. The topological polar surface area (TPSA) is 91.7 Å². The van der Waals surface area contributed by atoms with Gasteiger partial charge in [0.05, 0.1) is 12.7 Å². The molecule has 1 fully saturated rings. The summed E-state index contributed by atoms with van der Waals surface area (Å²) in [6.45, 7) is 8.09. The molecule has 1 aliphatic heterocycles. The molecule has 1 saturated heterocycles. The number of hydrogen-bond donors (Lipinski definition) is 2. The van der Waals surface area contributed by atoms with Crippen LogP contribution in [0.5, 0.6) is 0 Å². The van der Waals surface area contributed by atoms with Crippen molar-refractivity contribution >= 4 is 28.8 Å². The molecule has 1 atom stereocenters. The van der Waals surface area contributed by atoms with Gasteiger partial charge in [-0.25, -0.2) is 4.79 Å². The maximum atomic E-state index is 13.2. The molecule has 166 valence electrons. The molecule has 0 spiro atoms. The van der Waals surface area contributed by atoms with E-state index in [1.807, 2.05) is 44.2 Å². The maximum absolute atomic E-state index is 13.2. The number of benzene rings is 2. The van der Waals surface area contributed by atoms with Crippen LogP contribution in [0.1, 0.15) is 55.4 Å². The Hall–Kier alpha value is -3.61. The van der Waals surface area contributed by atoms with E-state index in [4.69, 9.17) is 4.42 Å². The molecule has 2 aromatic carbocycles. The lowest BCUT2D eigenvalue weighted by molar-refractivity contribution is -0.139. The van der Waals surface area contributed by atoms with Gasteiger partial charge >= 0.3 is 6.03 Å². The normalized spacial score (nSPS) is 18.5. The van der Waals surface area contributed by atoms with Crippen molar-refractivity contribution in [1.82, 2.24) is 15.8 Å². The van der Waals surface area contributed by atoms with E-state index in [1.165, 1.54) is 5.56 Å². The smallest absolute Gasteiger partial charge is 0.344 e. The number of aryl methyl sites for hydroxylation is 1. The molecule has 0 saturated carbocycles. The van der Waals surface area contributed by atoms with Crippen LogP contribution in [0, 0.1) is 6.92 Å². The summed E-state index contributed by atoms with van der Waals surface area (Å²) in [7, 11) is 0. The number of fused-ring (bicyclic) bond motifs is 1. The first kappa shape index (κ1) is 21.6. The predicted molar refractivity (Wildman–Crippen MR) is 121 cm³/mol. The molecule has 7 nitrogen and oxygen atoms in total. The molecular weight excluding hydrogens is 406 g/mol. The van der Waals surface area contributed by atoms with Gasteiger partial charge in [-0.15, -0.1) is 0 Å². The highest BCUT2D eigenvalue weighted by molar-refractivity contribution is 6.08. The van der Waals surface area contributed by atoms with E-state index in [2.05, 4.69) is 24.6 Å². The van der Waals surface area contributed by atoms with E-state index in [0.717, 1.165) is 16.0 Å². The number of hydrazine groups is 1. The van der Waals surface area contributed by atoms with Crippen LogP contribution in [0.25, 0.3) is 11.0 Å². The average molecular weight is 434 g/mol. The van der Waals surface area contributed by atoms with Gasteiger partial charge in [0.1, 0.15) is 11.1 Å². The Balaban J connectivity index is 1.55. The van der Waals surface area contributed by atoms with Crippen LogP contribution >= 0.6 is 0 Å². The second kappa shape index (κ2) is 8.15. The van der Waals surface area contributed by atoms with Gasteiger partial charge in [-0.05, 0) is 48.1 Å². The molecule has 4 rings (SSSR count). The second-order valence-electron chi connectivity index (χ2n) is 8.53. The fourth-order valence-electron chi connectivity index (χ4n) is 4.38. The lowest BCUT2D eigenvalue weighted by Crippen LogP contribution is -2.49. The Labute approximate surface area is 186 Å². The number of carbonyl (C=O) groups excluding carboxylic acids is 3. The van der Waals surface area contributed by atoms with Gasteiger partial charge in [-0.2, -0.15) is 5.01 Å². The van der Waals surface area contributed by atoms with Gasteiger partial charge in [0.15, 0.2) is 0 Å². The largest absolute Gasteiger partial charge is 0.464 e. The van der Waals surface area contributed by atoms with Crippen LogP contribution in [0.15, 0.2) is 53.1 Å². The van der Waals surface area contributed by atoms with Gasteiger partial charge in [0.2, 0.25) is 5.91 Å². The quantitative estimate of drug-likeness (QED) is 0.567. The van der Waals surface area contributed by atoms with Crippen LogP contribution in [0.4, 0.5) is 4.79 Å². The molecule has 1 aliphatic rings. The lowest BCUT2D eigenvalue weighted by atomic mass is 9.87. The van der Waals surface area contributed by atoms with Crippen LogP contribution in [0.3, 0.4) is 0 Å². The van der Waals surface area contributed by atoms with E-state index in [9.17, 15) is 14.4 Å². The minimum absolute atomic E-state index is 0.0187. The van der Waals surface area contributed by atoms with Gasteiger partial charge < -0.3 is 9.73 Å². The number of rotatable bonds is 6. The zero-order valence-electron chi connectivity index (χ0n) is 18.7. The zero-order valence-corrected chi connectivity index (χ0v) is 18.7. The SMILES string of the molecule is CC[C@]1(c2ccccc2)NC(=O)N(NC(=O)Cc2coc3cc(C)c(C(C)C)cc23)C1=O. The minimum atomic E-state index is -1.20. The van der Waals surface area contributed by atoms with Crippen molar-refractivity contribution in [2.75, 3.05) is 0 Å². The third kappa shape index (κ3) is 3.53. The van der Waals surface area contributed by atoms with Crippen molar-refractivity contribution < 1.29 is 18.8 Å². The van der Waals surface area contributed by atoms with E-state index in [1.54, 1.807) is 18.4 Å². The number of hydrogen-bond acceptors (Lipinski definition) is 4. The average Bonchev–Trinajstić information content (AvgIpc) is 3.26. The van der Waals surface area contributed by atoms with E-state index < -0.39 is 23.4 Å². The monoisotopic (exact) mass is 433 g/mol. The number of nitrogens with zero attached hydrogens (tertiary/aromatic N) is 1. The Morgan fingerprint density at radius 3 is 2.56 bits per heavy atom. The Morgan fingerprint density at radius 2 is 1.91 bits per heavy atom. The van der Waals surface area contributed by atoms with E-state index in [-0.39, 0.29) is 6.42 Å². The Bertz CT molecular complexity index is 1200. The van der Waals surface area contributed by atoms with E-state index in [0.29, 0.717) is 29.0 Å². The summed E-state index contributed by atoms with van der Waals surface area (Å²) in [4.78, 5) is 38.6. The zero-order chi connectivity index (χ0) is 23.0. The molecule has 0 unspecified atom stereocenters. The predicted octanol–water partition coefficient (Wildman–Crippen LogP) is 4.30. The molecule has 7 heteroatoms. The van der Waals surface area contributed by atoms with Gasteiger partial charge in [0, 0.05) is 10.9 Å². The lowest BCUT2D eigenvalue weighted by Gasteiger charge is -2.25. The van der Waals surface area contributed by atoms with Crippen LogP contribution < -0.4 is 10.7 Å². The summed E-state index contributed by atoms with van der Waals surface area (Å²) >= 11 is 0. The molecule has 2 N–H and O–H groups in total. The van der Waals surface area contributed by atoms with Gasteiger partial charge in [-0.3, -0.25) is 15.0 Å². The minimum Gasteiger partial charge on any atom is -0.464 e. The summed E-state index contributed by atoms with van der Waals surface area (Å²) in [5.41, 5.74) is 5.69. The standard InChI is InChI=1S/C25H27N3O4/c1-5-25(18-9-7-6-8-10-18)23(30)28(24(31)26-25)27-22(29)12-17-14-32-21-11-16(4)19(15(2)3)13-20(17)21/h6-11,13-15H,5,12H2,1-4H3,(H,26,31)(H,27,29)/t25-/m1/s1. The maximum Gasteiger partial charge on any atom is 0.344 e. The number of carbonyl (C=O) groups is 3. The number of amides is 4. The molecule has 4 amide bonds. The summed E-state index contributed by atoms with van der Waals surface area (Å²) in [6, 6.07) is 12.4. The molecular formula is C25H27N3O4. The number of imide groups is 1. The highest BCUT2D eigenvalue weighted by Crippen LogP contribution is 2.32. The second-order valence-corrected chi connectivity index (χ2v) is 8.53.